The summed E-state index contributed by atoms with van der Waals surface area (Å²) < 4.78 is 0. The van der Waals surface area contributed by atoms with E-state index >= 15 is 0 Å². The molecule has 0 aromatic carbocycles. The first kappa shape index (κ1) is 13.6. The molecular formula is C15H12N2O3. The summed E-state index contributed by atoms with van der Waals surface area (Å²) in [6.07, 6.45) is 6.67. The molecule has 1 N–H and O–H groups in total. The van der Waals surface area contributed by atoms with E-state index in [1.54, 1.807) is 36.7 Å². The van der Waals surface area contributed by atoms with Gasteiger partial charge in [0.1, 0.15) is 5.76 Å². The summed E-state index contributed by atoms with van der Waals surface area (Å²) in [6, 6.07) is 6.48. The van der Waals surface area contributed by atoms with Crippen molar-refractivity contribution in [3.8, 4) is 0 Å². The maximum Gasteiger partial charge on any atom is 0.172 e. The van der Waals surface area contributed by atoms with Crippen LogP contribution in [0.25, 0.3) is 5.76 Å². The van der Waals surface area contributed by atoms with Crippen molar-refractivity contribution >= 4 is 17.3 Å². The standard InChI is InChI=1S/C15H12N2O3/c18-13(7-14(19)11-3-1-5-16-9-11)8-15(20)12-4-2-6-17-10-12/h1-7,9-10,19H,8H2. The summed E-state index contributed by atoms with van der Waals surface area (Å²) in [7, 11) is 0. The molecule has 2 heterocycles. The second kappa shape index (κ2) is 6.38. The smallest absolute Gasteiger partial charge is 0.172 e. The summed E-state index contributed by atoms with van der Waals surface area (Å²) in [5.74, 6) is -1.01. The summed E-state index contributed by atoms with van der Waals surface area (Å²) in [5.41, 5.74) is 0.796. The third kappa shape index (κ3) is 3.58. The third-order valence-corrected chi connectivity index (χ3v) is 2.57. The van der Waals surface area contributed by atoms with Crippen molar-refractivity contribution in [1.82, 2.24) is 9.97 Å². The quantitative estimate of drug-likeness (QED) is 0.389. The molecule has 0 saturated carbocycles. The summed E-state index contributed by atoms with van der Waals surface area (Å²) in [5, 5.41) is 9.75. The Kier molecular flexibility index (Phi) is 4.34. The van der Waals surface area contributed by atoms with E-state index in [-0.39, 0.29) is 18.0 Å². The van der Waals surface area contributed by atoms with Crippen LogP contribution < -0.4 is 0 Å². The zero-order valence-electron chi connectivity index (χ0n) is 10.6. The largest absolute Gasteiger partial charge is 0.507 e. The number of rotatable bonds is 5. The van der Waals surface area contributed by atoms with Gasteiger partial charge in [-0.3, -0.25) is 19.6 Å². The van der Waals surface area contributed by atoms with Crippen LogP contribution in [0.15, 0.2) is 55.1 Å². The van der Waals surface area contributed by atoms with Crippen molar-refractivity contribution in [3.05, 3.63) is 66.3 Å². The first-order chi connectivity index (χ1) is 9.66. The SMILES string of the molecule is O=C(C=C(O)c1cccnc1)CC(=O)c1cccnc1. The number of carbonyl (C=O) groups excluding carboxylic acids is 2. The van der Waals surface area contributed by atoms with E-state index in [4.69, 9.17) is 0 Å². The lowest BCUT2D eigenvalue weighted by atomic mass is 10.1. The first-order valence-electron chi connectivity index (χ1n) is 5.94. The number of aliphatic hydroxyl groups is 1. The van der Waals surface area contributed by atoms with Crippen LogP contribution >= 0.6 is 0 Å². The molecule has 0 amide bonds. The van der Waals surface area contributed by atoms with E-state index < -0.39 is 5.78 Å². The van der Waals surface area contributed by atoms with Crippen molar-refractivity contribution in [2.45, 2.75) is 6.42 Å². The second-order valence-electron chi connectivity index (χ2n) is 4.08. The average molecular weight is 268 g/mol. The molecule has 2 aromatic rings. The van der Waals surface area contributed by atoms with Gasteiger partial charge in [0.2, 0.25) is 0 Å². The van der Waals surface area contributed by atoms with Gasteiger partial charge in [0.15, 0.2) is 11.6 Å². The number of aromatic nitrogens is 2. The maximum absolute atomic E-state index is 11.8. The van der Waals surface area contributed by atoms with Crippen LogP contribution in [0.5, 0.6) is 0 Å². The number of pyridine rings is 2. The Morgan fingerprint density at radius 1 is 1.05 bits per heavy atom. The molecule has 0 aliphatic heterocycles. The fraction of sp³-hybridized carbons (Fsp3) is 0.0667. The first-order valence-corrected chi connectivity index (χ1v) is 5.94. The molecule has 0 unspecified atom stereocenters. The van der Waals surface area contributed by atoms with E-state index in [1.165, 1.54) is 12.4 Å². The van der Waals surface area contributed by atoms with Crippen LogP contribution in [0.2, 0.25) is 0 Å². The molecule has 0 spiro atoms. The molecule has 0 fully saturated rings. The number of ketones is 2. The highest BCUT2D eigenvalue weighted by molar-refractivity contribution is 6.12. The Morgan fingerprint density at radius 2 is 1.65 bits per heavy atom. The molecule has 2 aromatic heterocycles. The van der Waals surface area contributed by atoms with E-state index in [0.717, 1.165) is 6.08 Å². The van der Waals surface area contributed by atoms with Crippen molar-refractivity contribution in [1.29, 1.82) is 0 Å². The topological polar surface area (TPSA) is 80.1 Å². The average Bonchev–Trinajstić information content (AvgIpc) is 2.49. The second-order valence-corrected chi connectivity index (χ2v) is 4.08. The lowest BCUT2D eigenvalue weighted by Gasteiger charge is -2.00. The minimum absolute atomic E-state index is 0.206. The lowest BCUT2D eigenvalue weighted by molar-refractivity contribution is -0.113. The molecule has 5 nitrogen and oxygen atoms in total. The number of hydrogen-bond acceptors (Lipinski definition) is 5. The molecule has 5 heteroatoms. The van der Waals surface area contributed by atoms with Gasteiger partial charge in [0, 0.05) is 42.0 Å². The maximum atomic E-state index is 11.8. The molecule has 0 aliphatic carbocycles. The molecule has 0 aliphatic rings. The number of hydrogen-bond donors (Lipinski definition) is 1. The summed E-state index contributed by atoms with van der Waals surface area (Å²) in [6.45, 7) is 0. The molecule has 2 rings (SSSR count). The molecule has 20 heavy (non-hydrogen) atoms. The highest BCUT2D eigenvalue weighted by Gasteiger charge is 2.11. The highest BCUT2D eigenvalue weighted by atomic mass is 16.3. The minimum Gasteiger partial charge on any atom is -0.507 e. The predicted molar refractivity (Wildman–Crippen MR) is 73.0 cm³/mol. The van der Waals surface area contributed by atoms with Crippen molar-refractivity contribution in [2.75, 3.05) is 0 Å². The fourth-order valence-corrected chi connectivity index (χ4v) is 1.59. The fourth-order valence-electron chi connectivity index (χ4n) is 1.59. The number of Topliss-reactive ketones (excluding diaryl/α,β-unsaturated/α-hetero) is 1. The van der Waals surface area contributed by atoms with Crippen LogP contribution in [0.3, 0.4) is 0 Å². The van der Waals surface area contributed by atoms with Gasteiger partial charge in [-0.25, -0.2) is 0 Å². The van der Waals surface area contributed by atoms with E-state index in [9.17, 15) is 14.7 Å². The van der Waals surface area contributed by atoms with Crippen LogP contribution in [0, 0.1) is 0 Å². The van der Waals surface area contributed by atoms with Gasteiger partial charge in [0.25, 0.3) is 0 Å². The van der Waals surface area contributed by atoms with Crippen molar-refractivity contribution in [2.24, 2.45) is 0 Å². The summed E-state index contributed by atoms with van der Waals surface area (Å²) >= 11 is 0. The van der Waals surface area contributed by atoms with Gasteiger partial charge in [-0.1, -0.05) is 0 Å². The molecule has 100 valence electrons. The predicted octanol–water partition coefficient (Wildman–Crippen LogP) is 2.22. The third-order valence-electron chi connectivity index (χ3n) is 2.57. The van der Waals surface area contributed by atoms with E-state index in [0.29, 0.717) is 11.1 Å². The zero-order valence-corrected chi connectivity index (χ0v) is 10.6. The van der Waals surface area contributed by atoms with Gasteiger partial charge < -0.3 is 5.11 Å². The van der Waals surface area contributed by atoms with Crippen LogP contribution in [0.4, 0.5) is 0 Å². The van der Waals surface area contributed by atoms with Crippen molar-refractivity contribution in [3.63, 3.8) is 0 Å². The monoisotopic (exact) mass is 268 g/mol. The number of aliphatic hydroxyl groups excluding tert-OH is 1. The molecular weight excluding hydrogens is 256 g/mol. The number of nitrogens with zero attached hydrogens (tertiary/aromatic N) is 2. The van der Waals surface area contributed by atoms with Gasteiger partial charge in [0.05, 0.1) is 6.42 Å². The lowest BCUT2D eigenvalue weighted by Crippen LogP contribution is -2.06. The van der Waals surface area contributed by atoms with Crippen molar-refractivity contribution < 1.29 is 14.7 Å². The van der Waals surface area contributed by atoms with Gasteiger partial charge in [-0.15, -0.1) is 0 Å². The number of allylic oxidation sites excluding steroid dienone is 1. The van der Waals surface area contributed by atoms with Gasteiger partial charge >= 0.3 is 0 Å². The molecule has 0 saturated heterocycles. The molecule has 0 radical (unpaired) electrons. The Hall–Kier alpha value is -2.82. The Balaban J connectivity index is 2.04. The van der Waals surface area contributed by atoms with E-state index in [2.05, 4.69) is 9.97 Å². The Labute approximate surface area is 115 Å². The van der Waals surface area contributed by atoms with Gasteiger partial charge in [-0.2, -0.15) is 0 Å². The van der Waals surface area contributed by atoms with Crippen LogP contribution in [-0.2, 0) is 4.79 Å². The van der Waals surface area contributed by atoms with Crippen LogP contribution in [-0.4, -0.2) is 26.6 Å². The Bertz CT molecular complexity index is 637. The van der Waals surface area contributed by atoms with Gasteiger partial charge in [-0.05, 0) is 24.3 Å². The molecule has 0 atom stereocenters. The normalized spacial score (nSPS) is 11.1. The zero-order chi connectivity index (χ0) is 14.4. The number of carbonyl (C=O) groups is 2. The van der Waals surface area contributed by atoms with Crippen LogP contribution in [0.1, 0.15) is 22.3 Å². The highest BCUT2D eigenvalue weighted by Crippen LogP contribution is 2.10. The van der Waals surface area contributed by atoms with E-state index in [1.807, 2.05) is 0 Å². The molecule has 0 bridgehead atoms. The minimum atomic E-state index is -0.472. The summed E-state index contributed by atoms with van der Waals surface area (Å²) in [4.78, 5) is 31.2. The Morgan fingerprint density at radius 3 is 2.20 bits per heavy atom.